The number of likely N-dealkylation sites (tertiary alicyclic amines) is 1. The molecule has 0 aromatic carbocycles. The molecule has 0 bridgehead atoms. The van der Waals surface area contributed by atoms with Gasteiger partial charge in [-0.3, -0.25) is 4.90 Å². The Balaban J connectivity index is 2.01. The van der Waals surface area contributed by atoms with Crippen LogP contribution in [0.3, 0.4) is 0 Å². The van der Waals surface area contributed by atoms with Crippen molar-refractivity contribution in [3.63, 3.8) is 0 Å². The second-order valence-corrected chi connectivity index (χ2v) is 3.60. The molecule has 1 atom stereocenters. The Hall–Kier alpha value is -1.29. The minimum Gasteiger partial charge on any atom is -0.477 e. The van der Waals surface area contributed by atoms with Crippen LogP contribution in [0.5, 0.6) is 0 Å². The van der Waals surface area contributed by atoms with E-state index in [-0.39, 0.29) is 11.9 Å². The van der Waals surface area contributed by atoms with E-state index < -0.39 is 5.97 Å². The topological polar surface area (TPSA) is 52.6 Å². The van der Waals surface area contributed by atoms with E-state index in [4.69, 9.17) is 5.11 Å². The van der Waals surface area contributed by atoms with Crippen molar-refractivity contribution in [2.24, 2.45) is 0 Å². The van der Waals surface area contributed by atoms with Gasteiger partial charge in [0.25, 0.3) is 0 Å². The maximum absolute atomic E-state index is 10.7. The molecule has 0 spiro atoms. The molecule has 0 amide bonds. The lowest BCUT2D eigenvalue weighted by Gasteiger charge is -2.28. The van der Waals surface area contributed by atoms with Crippen molar-refractivity contribution in [2.75, 3.05) is 13.1 Å². The van der Waals surface area contributed by atoms with Crippen LogP contribution in [0.2, 0.25) is 0 Å². The van der Waals surface area contributed by atoms with Gasteiger partial charge < -0.3 is 10.4 Å². The van der Waals surface area contributed by atoms with Gasteiger partial charge >= 0.3 is 5.97 Å². The zero-order valence-corrected chi connectivity index (χ0v) is 7.94. The van der Waals surface area contributed by atoms with Crippen LogP contribution in [0.25, 0.3) is 0 Å². The van der Waals surface area contributed by atoms with Crippen LogP contribution in [0.4, 0.5) is 0 Å². The number of carboxylic acid groups (broad SMARTS) is 1. The first-order chi connectivity index (χ1) is 6.77. The van der Waals surface area contributed by atoms with Gasteiger partial charge in [0, 0.05) is 13.1 Å². The number of hydrogen-bond donors (Lipinski definition) is 2. The first kappa shape index (κ1) is 9.27. The van der Waals surface area contributed by atoms with Crippen LogP contribution < -0.4 is 5.32 Å². The Morgan fingerprint density at radius 3 is 2.86 bits per heavy atom. The molecule has 0 aromatic heterocycles. The van der Waals surface area contributed by atoms with E-state index in [1.54, 1.807) is 6.08 Å². The fraction of sp³-hybridized carbons (Fsp3) is 0.500. The van der Waals surface area contributed by atoms with Gasteiger partial charge in [-0.1, -0.05) is 6.08 Å². The summed E-state index contributed by atoms with van der Waals surface area (Å²) in [6.45, 7) is 2.10. The summed E-state index contributed by atoms with van der Waals surface area (Å²) >= 11 is 0. The summed E-state index contributed by atoms with van der Waals surface area (Å²) in [5, 5.41) is 11.8. The highest BCUT2D eigenvalue weighted by molar-refractivity contribution is 5.86. The maximum atomic E-state index is 10.7. The third-order valence-corrected chi connectivity index (χ3v) is 2.62. The zero-order chi connectivity index (χ0) is 9.97. The molecule has 2 aliphatic heterocycles. The molecule has 0 radical (unpaired) electrons. The summed E-state index contributed by atoms with van der Waals surface area (Å²) in [5.41, 5.74) is 0.282. The third kappa shape index (κ3) is 1.80. The first-order valence-electron chi connectivity index (χ1n) is 4.90. The molecule has 2 aliphatic rings. The highest BCUT2D eigenvalue weighted by atomic mass is 16.4. The molecule has 2 heterocycles. The van der Waals surface area contributed by atoms with E-state index in [1.807, 2.05) is 12.2 Å². The van der Waals surface area contributed by atoms with Crippen molar-refractivity contribution in [2.45, 2.75) is 19.0 Å². The standard InChI is InChI=1S/C10H14N2O2/c13-10(14)8-4-3-5-9(11-8)12-6-1-2-7-12/h3-5,9,11H,1-2,6-7H2,(H,13,14). The number of carbonyl (C=O) groups is 1. The lowest BCUT2D eigenvalue weighted by molar-refractivity contribution is -0.133. The number of aliphatic carboxylic acids is 1. The van der Waals surface area contributed by atoms with Crippen molar-refractivity contribution in [3.05, 3.63) is 23.9 Å². The van der Waals surface area contributed by atoms with Crippen molar-refractivity contribution in [1.29, 1.82) is 0 Å². The molecule has 1 unspecified atom stereocenters. The lowest BCUT2D eigenvalue weighted by atomic mass is 10.2. The highest BCUT2D eigenvalue weighted by Crippen LogP contribution is 2.14. The van der Waals surface area contributed by atoms with Gasteiger partial charge in [-0.15, -0.1) is 0 Å². The van der Waals surface area contributed by atoms with Crippen LogP contribution in [-0.4, -0.2) is 35.2 Å². The highest BCUT2D eigenvalue weighted by Gasteiger charge is 2.23. The van der Waals surface area contributed by atoms with E-state index in [0.29, 0.717) is 0 Å². The predicted octanol–water partition coefficient (Wildman–Crippen LogP) is 0.536. The lowest BCUT2D eigenvalue weighted by Crippen LogP contribution is -2.44. The van der Waals surface area contributed by atoms with Gasteiger partial charge in [-0.25, -0.2) is 4.79 Å². The number of dihydropyridines is 1. The molecule has 0 saturated carbocycles. The second-order valence-electron chi connectivity index (χ2n) is 3.60. The molecule has 0 aliphatic carbocycles. The van der Waals surface area contributed by atoms with E-state index in [2.05, 4.69) is 10.2 Å². The fourth-order valence-corrected chi connectivity index (χ4v) is 1.88. The normalized spacial score (nSPS) is 27.1. The largest absolute Gasteiger partial charge is 0.477 e. The summed E-state index contributed by atoms with van der Waals surface area (Å²) in [6, 6.07) is 0. The molecule has 4 nitrogen and oxygen atoms in total. The Morgan fingerprint density at radius 1 is 1.50 bits per heavy atom. The summed E-state index contributed by atoms with van der Waals surface area (Å²) in [5.74, 6) is -0.890. The van der Waals surface area contributed by atoms with Gasteiger partial charge in [0.05, 0.1) is 6.17 Å². The van der Waals surface area contributed by atoms with E-state index in [0.717, 1.165) is 13.1 Å². The maximum Gasteiger partial charge on any atom is 0.352 e. The molecule has 14 heavy (non-hydrogen) atoms. The van der Waals surface area contributed by atoms with Crippen LogP contribution in [0, 0.1) is 0 Å². The van der Waals surface area contributed by atoms with Crippen molar-refractivity contribution in [3.8, 4) is 0 Å². The van der Waals surface area contributed by atoms with E-state index >= 15 is 0 Å². The Bertz CT molecular complexity index is 290. The number of allylic oxidation sites excluding steroid dienone is 2. The number of nitrogens with one attached hydrogen (secondary N) is 1. The molecular weight excluding hydrogens is 180 g/mol. The third-order valence-electron chi connectivity index (χ3n) is 2.62. The molecule has 2 N–H and O–H groups in total. The molecule has 76 valence electrons. The summed E-state index contributed by atoms with van der Waals surface area (Å²) < 4.78 is 0. The predicted molar refractivity (Wildman–Crippen MR) is 52.6 cm³/mol. The quantitative estimate of drug-likeness (QED) is 0.673. The molecule has 2 rings (SSSR count). The SMILES string of the molecule is O=C(O)C1=CC=CC(N2CCCC2)N1. The van der Waals surface area contributed by atoms with Gasteiger partial charge in [0.15, 0.2) is 0 Å². The molecule has 1 saturated heterocycles. The van der Waals surface area contributed by atoms with E-state index in [9.17, 15) is 4.79 Å². The van der Waals surface area contributed by atoms with Crippen LogP contribution >= 0.6 is 0 Å². The molecule has 4 heteroatoms. The minimum atomic E-state index is -0.890. The average Bonchev–Trinajstić information content (AvgIpc) is 2.71. The summed E-state index contributed by atoms with van der Waals surface area (Å²) in [7, 11) is 0. The van der Waals surface area contributed by atoms with Crippen LogP contribution in [-0.2, 0) is 4.79 Å². The Kier molecular flexibility index (Phi) is 2.54. The Labute approximate surface area is 82.9 Å². The molecular formula is C10H14N2O2. The van der Waals surface area contributed by atoms with Gasteiger partial charge in [0.1, 0.15) is 5.70 Å². The zero-order valence-electron chi connectivity index (χ0n) is 7.94. The number of carboxylic acids is 1. The van der Waals surface area contributed by atoms with Crippen LogP contribution in [0.15, 0.2) is 23.9 Å². The Morgan fingerprint density at radius 2 is 2.21 bits per heavy atom. The van der Waals surface area contributed by atoms with Crippen LogP contribution in [0.1, 0.15) is 12.8 Å². The van der Waals surface area contributed by atoms with Crippen molar-refractivity contribution < 1.29 is 9.90 Å². The minimum absolute atomic E-state index is 0.0635. The molecule has 0 aromatic rings. The number of rotatable bonds is 2. The number of hydrogen-bond acceptors (Lipinski definition) is 3. The second kappa shape index (κ2) is 3.84. The van der Waals surface area contributed by atoms with Gasteiger partial charge in [-0.2, -0.15) is 0 Å². The first-order valence-corrected chi connectivity index (χ1v) is 4.90. The average molecular weight is 194 g/mol. The van der Waals surface area contributed by atoms with E-state index in [1.165, 1.54) is 12.8 Å². The fourth-order valence-electron chi connectivity index (χ4n) is 1.88. The van der Waals surface area contributed by atoms with Crippen molar-refractivity contribution in [1.82, 2.24) is 10.2 Å². The van der Waals surface area contributed by atoms with Gasteiger partial charge in [0.2, 0.25) is 0 Å². The monoisotopic (exact) mass is 194 g/mol. The summed E-state index contributed by atoms with van der Waals surface area (Å²) in [6.07, 6.45) is 7.87. The smallest absolute Gasteiger partial charge is 0.352 e. The van der Waals surface area contributed by atoms with Crippen molar-refractivity contribution >= 4 is 5.97 Å². The summed E-state index contributed by atoms with van der Waals surface area (Å²) in [4.78, 5) is 13.0. The van der Waals surface area contributed by atoms with Gasteiger partial charge in [-0.05, 0) is 25.0 Å². The number of nitrogens with zero attached hydrogens (tertiary/aromatic N) is 1. The molecule has 1 fully saturated rings.